The number of aromatic nitrogens is 2. The number of nitrogens with two attached hydrogens (primary N) is 1. The molecule has 6 heteroatoms. The summed E-state index contributed by atoms with van der Waals surface area (Å²) in [6, 6.07) is 22.7. The molecule has 1 aromatic heterocycles. The second kappa shape index (κ2) is 9.27. The van der Waals surface area contributed by atoms with Crippen LogP contribution in [0.25, 0.3) is 29.0 Å². The summed E-state index contributed by atoms with van der Waals surface area (Å²) in [5.74, 6) is 0.865. The molecule has 0 spiro atoms. The lowest BCUT2D eigenvalue weighted by atomic mass is 9.87. The lowest BCUT2D eigenvalue weighted by molar-refractivity contribution is -0.130. The Morgan fingerprint density at radius 1 is 0.912 bits per heavy atom. The summed E-state index contributed by atoms with van der Waals surface area (Å²) in [6.07, 6.45) is 1.77. The predicted molar refractivity (Wildman–Crippen MR) is 134 cm³/mol. The fourth-order valence-corrected chi connectivity index (χ4v) is 3.37. The van der Waals surface area contributed by atoms with E-state index in [1.165, 1.54) is 5.56 Å². The van der Waals surface area contributed by atoms with Crippen LogP contribution in [0.3, 0.4) is 0 Å². The molecule has 0 unspecified atom stereocenters. The number of rotatable bonds is 5. The number of nitrogens with one attached hydrogen (secondary N) is 1. The zero-order chi connectivity index (χ0) is 24.3. The standard InChI is InChI=1S/C28H26N4O2/c1-5-18-9-11-20(12-10-18)26-31-32-27(34-26)22-8-6-7-21(17-22)25(30)33-24(29)19-13-15-23(16-14-19)28(2,3)4/h5-17,29-30H,1H2,2-4H3/p+1. The van der Waals surface area contributed by atoms with Gasteiger partial charge in [-0.05, 0) is 59.0 Å². The average Bonchev–Trinajstić information content (AvgIpc) is 3.34. The van der Waals surface area contributed by atoms with Gasteiger partial charge < -0.3 is 9.15 Å². The summed E-state index contributed by atoms with van der Waals surface area (Å²) in [5, 5.41) is 22.8. The first-order chi connectivity index (χ1) is 16.2. The van der Waals surface area contributed by atoms with Crippen LogP contribution in [0, 0.1) is 5.41 Å². The Morgan fingerprint density at radius 2 is 1.56 bits per heavy atom. The van der Waals surface area contributed by atoms with Crippen LogP contribution < -0.4 is 5.41 Å². The van der Waals surface area contributed by atoms with Gasteiger partial charge in [0.15, 0.2) is 0 Å². The lowest BCUT2D eigenvalue weighted by Crippen LogP contribution is -2.43. The second-order valence-electron chi connectivity index (χ2n) is 8.94. The van der Waals surface area contributed by atoms with Crippen molar-refractivity contribution >= 4 is 17.9 Å². The summed E-state index contributed by atoms with van der Waals surface area (Å²) in [6.45, 7) is 10.2. The third-order valence-electron chi connectivity index (χ3n) is 5.44. The molecule has 34 heavy (non-hydrogen) atoms. The van der Waals surface area contributed by atoms with Crippen molar-refractivity contribution in [3.63, 3.8) is 0 Å². The average molecular weight is 452 g/mol. The van der Waals surface area contributed by atoms with Crippen LogP contribution in [0.2, 0.25) is 0 Å². The molecular weight excluding hydrogens is 424 g/mol. The van der Waals surface area contributed by atoms with Crippen molar-refractivity contribution < 1.29 is 14.6 Å². The Hall–Kier alpha value is -4.32. The summed E-state index contributed by atoms with van der Waals surface area (Å²) in [4.78, 5) is 0. The molecule has 0 aliphatic rings. The highest BCUT2D eigenvalue weighted by Crippen LogP contribution is 2.25. The minimum atomic E-state index is -0.0704. The smallest absolute Gasteiger partial charge is 0.373 e. The molecule has 0 radical (unpaired) electrons. The zero-order valence-corrected chi connectivity index (χ0v) is 19.5. The van der Waals surface area contributed by atoms with Gasteiger partial charge >= 0.3 is 5.90 Å². The second-order valence-corrected chi connectivity index (χ2v) is 8.94. The minimum Gasteiger partial charge on any atom is -0.416 e. The number of nitrogens with zero attached hydrogens (tertiary/aromatic N) is 2. The highest BCUT2D eigenvalue weighted by Gasteiger charge is 2.18. The van der Waals surface area contributed by atoms with E-state index in [2.05, 4.69) is 37.5 Å². The van der Waals surface area contributed by atoms with E-state index >= 15 is 0 Å². The van der Waals surface area contributed by atoms with Gasteiger partial charge in [-0.3, -0.25) is 5.41 Å². The summed E-state index contributed by atoms with van der Waals surface area (Å²) < 4.78 is 11.5. The SMILES string of the molecule is C=Cc1ccc(-c2nnc(-c3cccc(C(=N)OC(=[NH2+])c4ccc(C(C)(C)C)cc4)c3)o2)cc1. The Morgan fingerprint density at radius 3 is 2.18 bits per heavy atom. The van der Waals surface area contributed by atoms with Gasteiger partial charge in [-0.2, -0.15) is 0 Å². The molecule has 4 rings (SSSR count). The summed E-state index contributed by atoms with van der Waals surface area (Å²) >= 11 is 0. The molecule has 0 aliphatic heterocycles. The number of hydrogen-bond acceptors (Lipinski definition) is 5. The maximum Gasteiger partial charge on any atom is 0.373 e. The van der Waals surface area contributed by atoms with Crippen molar-refractivity contribution in [2.45, 2.75) is 26.2 Å². The van der Waals surface area contributed by atoms with Gasteiger partial charge in [0.2, 0.25) is 17.7 Å². The van der Waals surface area contributed by atoms with Crippen LogP contribution in [-0.4, -0.2) is 22.0 Å². The molecule has 0 fully saturated rings. The monoisotopic (exact) mass is 451 g/mol. The molecule has 0 saturated carbocycles. The van der Waals surface area contributed by atoms with Crippen molar-refractivity contribution in [3.8, 4) is 22.9 Å². The number of ether oxygens (including phenoxy) is 1. The maximum atomic E-state index is 8.39. The molecule has 0 atom stereocenters. The van der Waals surface area contributed by atoms with Crippen LogP contribution in [0.15, 0.2) is 83.8 Å². The molecule has 0 bridgehead atoms. The molecule has 4 aromatic rings. The van der Waals surface area contributed by atoms with E-state index in [1.807, 2.05) is 54.6 Å². The van der Waals surface area contributed by atoms with Gasteiger partial charge in [-0.1, -0.05) is 63.8 Å². The van der Waals surface area contributed by atoms with E-state index in [0.717, 1.165) is 16.7 Å². The van der Waals surface area contributed by atoms with Gasteiger partial charge in [0, 0.05) is 16.7 Å². The van der Waals surface area contributed by atoms with Crippen LogP contribution in [0.4, 0.5) is 0 Å². The fraction of sp³-hybridized carbons (Fsp3) is 0.143. The quantitative estimate of drug-likeness (QED) is 0.333. The number of hydrogen-bond donors (Lipinski definition) is 2. The van der Waals surface area contributed by atoms with Gasteiger partial charge in [0.1, 0.15) is 0 Å². The molecule has 3 N–H and O–H groups in total. The third kappa shape index (κ3) is 5.02. The van der Waals surface area contributed by atoms with Gasteiger partial charge in [0.25, 0.3) is 0 Å². The van der Waals surface area contributed by atoms with Gasteiger partial charge in [0.05, 0.1) is 5.56 Å². The van der Waals surface area contributed by atoms with Crippen LogP contribution in [0.1, 0.15) is 43.0 Å². The fourth-order valence-electron chi connectivity index (χ4n) is 3.37. The van der Waals surface area contributed by atoms with E-state index in [9.17, 15) is 0 Å². The Kier molecular flexibility index (Phi) is 6.23. The van der Waals surface area contributed by atoms with Crippen LogP contribution in [0.5, 0.6) is 0 Å². The summed E-state index contributed by atoms with van der Waals surface area (Å²) in [7, 11) is 0. The van der Waals surface area contributed by atoms with Gasteiger partial charge in [-0.25, -0.2) is 5.41 Å². The normalized spacial score (nSPS) is 11.1. The largest absolute Gasteiger partial charge is 0.416 e. The number of benzene rings is 3. The highest BCUT2D eigenvalue weighted by atomic mass is 16.5. The van der Waals surface area contributed by atoms with Crippen LogP contribution >= 0.6 is 0 Å². The first-order valence-corrected chi connectivity index (χ1v) is 10.9. The summed E-state index contributed by atoms with van der Waals surface area (Å²) in [5.41, 5.74) is 5.01. The zero-order valence-electron chi connectivity index (χ0n) is 19.5. The highest BCUT2D eigenvalue weighted by molar-refractivity contribution is 6.04. The minimum absolute atomic E-state index is 0.0466. The lowest BCUT2D eigenvalue weighted by Gasteiger charge is -2.18. The molecule has 0 aliphatic carbocycles. The maximum absolute atomic E-state index is 8.39. The molecular formula is C28H27N4O2+. The first-order valence-electron chi connectivity index (χ1n) is 10.9. The first kappa shape index (κ1) is 22.9. The topological polar surface area (TPSA) is 97.6 Å². The molecule has 6 nitrogen and oxygen atoms in total. The van der Waals surface area contributed by atoms with Crippen LogP contribution in [-0.2, 0) is 10.2 Å². The Labute approximate surface area is 199 Å². The molecule has 1 heterocycles. The van der Waals surface area contributed by atoms with Crippen molar-refractivity contribution in [2.24, 2.45) is 0 Å². The van der Waals surface area contributed by atoms with E-state index < -0.39 is 0 Å². The van der Waals surface area contributed by atoms with E-state index in [-0.39, 0.29) is 17.2 Å². The van der Waals surface area contributed by atoms with Crippen molar-refractivity contribution in [1.82, 2.24) is 10.2 Å². The van der Waals surface area contributed by atoms with E-state index in [0.29, 0.717) is 22.9 Å². The van der Waals surface area contributed by atoms with Gasteiger partial charge in [-0.15, -0.1) is 10.2 Å². The molecule has 0 saturated heterocycles. The Balaban J connectivity index is 1.49. The molecule has 3 aromatic carbocycles. The van der Waals surface area contributed by atoms with Crippen molar-refractivity contribution in [2.75, 3.05) is 0 Å². The molecule has 170 valence electrons. The van der Waals surface area contributed by atoms with Crippen molar-refractivity contribution in [3.05, 3.63) is 102 Å². The molecule has 0 amide bonds. The van der Waals surface area contributed by atoms with Crippen molar-refractivity contribution in [1.29, 1.82) is 5.41 Å². The van der Waals surface area contributed by atoms with E-state index in [4.69, 9.17) is 20.0 Å². The Bertz CT molecular complexity index is 1340. The predicted octanol–water partition coefficient (Wildman–Crippen LogP) is 4.89. The third-order valence-corrected chi connectivity index (χ3v) is 5.44. The van der Waals surface area contributed by atoms with E-state index in [1.54, 1.807) is 24.3 Å².